The monoisotopic (exact) mass is 310 g/mol. The van der Waals surface area contributed by atoms with Gasteiger partial charge in [0.05, 0.1) is 0 Å². The van der Waals surface area contributed by atoms with Crippen LogP contribution in [0.1, 0.15) is 0 Å². The molecule has 0 radical (unpaired) electrons. The highest BCUT2D eigenvalue weighted by Crippen LogP contribution is 2.02. The number of benzene rings is 1. The lowest BCUT2D eigenvalue weighted by molar-refractivity contribution is -0.132. The zero-order chi connectivity index (χ0) is 18.0. The Labute approximate surface area is 127 Å². The van der Waals surface area contributed by atoms with Crippen LogP contribution in [0.25, 0.3) is 0 Å². The molecule has 0 fully saturated rings. The van der Waals surface area contributed by atoms with Crippen LogP contribution in [0.5, 0.6) is 5.75 Å². The molecule has 7 heteroatoms. The van der Waals surface area contributed by atoms with E-state index < -0.39 is 17.9 Å². The fourth-order valence-electron chi connectivity index (χ4n) is 0.428. The molecule has 0 bridgehead atoms. The van der Waals surface area contributed by atoms with E-state index in [1.807, 2.05) is 6.07 Å². The standard InChI is InChI=1S/C6H6O.3C3H4O2/c7-6-4-2-1-3-5-6;3*1-2-3(4)5/h1-5,7H;3*2H,1H2,(H,4,5). The molecule has 0 atom stereocenters. The summed E-state index contributed by atoms with van der Waals surface area (Å²) in [5, 5.41) is 31.4. The van der Waals surface area contributed by atoms with Gasteiger partial charge in [-0.05, 0) is 12.1 Å². The molecule has 1 aromatic rings. The van der Waals surface area contributed by atoms with Crippen molar-refractivity contribution in [3.05, 3.63) is 68.3 Å². The summed E-state index contributed by atoms with van der Waals surface area (Å²) in [7, 11) is 0. The zero-order valence-corrected chi connectivity index (χ0v) is 11.8. The van der Waals surface area contributed by atoms with E-state index in [0.717, 1.165) is 18.2 Å². The maximum atomic E-state index is 9.25. The Hall–Kier alpha value is -3.35. The predicted molar refractivity (Wildman–Crippen MR) is 81.6 cm³/mol. The number of para-hydroxylation sites is 1. The number of carbonyl (C=O) groups is 3. The first-order chi connectivity index (χ1) is 10.2. The van der Waals surface area contributed by atoms with Gasteiger partial charge in [-0.2, -0.15) is 0 Å². The van der Waals surface area contributed by atoms with E-state index in [2.05, 4.69) is 19.7 Å². The maximum absolute atomic E-state index is 9.25. The minimum atomic E-state index is -0.981. The Morgan fingerprint density at radius 2 is 0.955 bits per heavy atom. The van der Waals surface area contributed by atoms with Gasteiger partial charge < -0.3 is 20.4 Å². The number of carboxylic acid groups (broad SMARTS) is 3. The molecule has 0 aromatic heterocycles. The number of carboxylic acids is 3. The number of phenolic OH excluding ortho intramolecular Hbond substituents is 1. The van der Waals surface area contributed by atoms with E-state index in [1.54, 1.807) is 24.3 Å². The second-order valence-electron chi connectivity index (χ2n) is 2.96. The van der Waals surface area contributed by atoms with Crippen LogP contribution in [0.2, 0.25) is 0 Å². The van der Waals surface area contributed by atoms with E-state index >= 15 is 0 Å². The molecule has 7 nitrogen and oxygen atoms in total. The summed E-state index contributed by atoms with van der Waals surface area (Å²) in [6.45, 7) is 8.88. The number of hydrogen-bond donors (Lipinski definition) is 4. The molecule has 0 amide bonds. The molecular formula is C15H18O7. The molecule has 0 aliphatic carbocycles. The molecule has 1 aromatic carbocycles. The first-order valence-corrected chi connectivity index (χ1v) is 5.51. The number of phenols is 1. The fraction of sp³-hybridized carbons (Fsp3) is 0. The average molecular weight is 310 g/mol. The molecule has 0 aliphatic heterocycles. The van der Waals surface area contributed by atoms with Crippen molar-refractivity contribution >= 4 is 17.9 Å². The Morgan fingerprint density at radius 3 is 1.05 bits per heavy atom. The van der Waals surface area contributed by atoms with Crippen molar-refractivity contribution in [3.8, 4) is 5.75 Å². The average Bonchev–Trinajstić information content (AvgIpc) is 2.49. The number of hydrogen-bond acceptors (Lipinski definition) is 4. The maximum Gasteiger partial charge on any atom is 0.327 e. The van der Waals surface area contributed by atoms with Gasteiger partial charge in [0, 0.05) is 18.2 Å². The SMILES string of the molecule is C=CC(=O)O.C=CC(=O)O.C=CC(=O)O.Oc1ccccc1. The van der Waals surface area contributed by atoms with Crippen LogP contribution in [0, 0.1) is 0 Å². The van der Waals surface area contributed by atoms with Crippen molar-refractivity contribution in [3.63, 3.8) is 0 Å². The van der Waals surface area contributed by atoms with Crippen molar-refractivity contribution in [2.75, 3.05) is 0 Å². The third-order valence-corrected chi connectivity index (χ3v) is 1.28. The van der Waals surface area contributed by atoms with Gasteiger partial charge in [-0.25, -0.2) is 14.4 Å². The van der Waals surface area contributed by atoms with Crippen molar-refractivity contribution in [2.24, 2.45) is 0 Å². The van der Waals surface area contributed by atoms with E-state index in [4.69, 9.17) is 20.4 Å². The van der Waals surface area contributed by atoms with Crippen LogP contribution in [0.15, 0.2) is 68.3 Å². The smallest absolute Gasteiger partial charge is 0.327 e. The van der Waals surface area contributed by atoms with Gasteiger partial charge in [0.25, 0.3) is 0 Å². The molecular weight excluding hydrogens is 292 g/mol. The van der Waals surface area contributed by atoms with Gasteiger partial charge in [0.15, 0.2) is 0 Å². The third kappa shape index (κ3) is 36.0. The Bertz CT molecular complexity index is 435. The molecule has 120 valence electrons. The normalized spacial score (nSPS) is 7.09. The summed E-state index contributed by atoms with van der Waals surface area (Å²) in [6, 6.07) is 8.71. The van der Waals surface area contributed by atoms with E-state index in [9.17, 15) is 14.4 Å². The lowest BCUT2D eigenvalue weighted by Crippen LogP contribution is -1.82. The van der Waals surface area contributed by atoms with Crippen LogP contribution in [-0.4, -0.2) is 38.3 Å². The highest BCUT2D eigenvalue weighted by Gasteiger charge is 1.75. The summed E-state index contributed by atoms with van der Waals surface area (Å²) in [5.41, 5.74) is 0. The molecule has 0 unspecified atom stereocenters. The topological polar surface area (TPSA) is 132 Å². The Balaban J connectivity index is -0.000000223. The van der Waals surface area contributed by atoms with Crippen molar-refractivity contribution in [2.45, 2.75) is 0 Å². The first kappa shape index (κ1) is 23.7. The van der Waals surface area contributed by atoms with Crippen molar-refractivity contribution < 1.29 is 34.8 Å². The number of aliphatic carboxylic acids is 3. The molecule has 22 heavy (non-hydrogen) atoms. The molecule has 0 heterocycles. The van der Waals surface area contributed by atoms with Gasteiger partial charge in [0.2, 0.25) is 0 Å². The molecule has 0 saturated heterocycles. The first-order valence-electron chi connectivity index (χ1n) is 5.51. The van der Waals surface area contributed by atoms with E-state index in [-0.39, 0.29) is 0 Å². The van der Waals surface area contributed by atoms with Crippen LogP contribution >= 0.6 is 0 Å². The molecule has 4 N–H and O–H groups in total. The minimum absolute atomic E-state index is 0.322. The highest BCUT2D eigenvalue weighted by molar-refractivity contribution is 5.79. The Morgan fingerprint density at radius 1 is 0.727 bits per heavy atom. The number of rotatable bonds is 3. The number of aromatic hydroxyl groups is 1. The van der Waals surface area contributed by atoms with Crippen molar-refractivity contribution in [1.82, 2.24) is 0 Å². The predicted octanol–water partition coefficient (Wildman–Crippen LogP) is 2.16. The van der Waals surface area contributed by atoms with Gasteiger partial charge in [0.1, 0.15) is 5.75 Å². The van der Waals surface area contributed by atoms with Crippen LogP contribution in [-0.2, 0) is 14.4 Å². The van der Waals surface area contributed by atoms with Gasteiger partial charge in [-0.15, -0.1) is 0 Å². The van der Waals surface area contributed by atoms with Gasteiger partial charge in [-0.3, -0.25) is 0 Å². The Kier molecular flexibility index (Phi) is 19.0. The molecule has 0 aliphatic rings. The minimum Gasteiger partial charge on any atom is -0.508 e. The van der Waals surface area contributed by atoms with Gasteiger partial charge in [-0.1, -0.05) is 37.9 Å². The summed E-state index contributed by atoms with van der Waals surface area (Å²) < 4.78 is 0. The summed E-state index contributed by atoms with van der Waals surface area (Å²) >= 11 is 0. The molecule has 0 spiro atoms. The summed E-state index contributed by atoms with van der Waals surface area (Å²) in [5.74, 6) is -2.62. The van der Waals surface area contributed by atoms with E-state index in [0.29, 0.717) is 5.75 Å². The van der Waals surface area contributed by atoms with Crippen LogP contribution in [0.4, 0.5) is 0 Å². The summed E-state index contributed by atoms with van der Waals surface area (Å²) in [6.07, 6.45) is 2.50. The summed E-state index contributed by atoms with van der Waals surface area (Å²) in [4.78, 5) is 27.8. The lowest BCUT2D eigenvalue weighted by atomic mass is 10.3. The third-order valence-electron chi connectivity index (χ3n) is 1.28. The van der Waals surface area contributed by atoms with Crippen LogP contribution in [0.3, 0.4) is 0 Å². The van der Waals surface area contributed by atoms with Gasteiger partial charge >= 0.3 is 17.9 Å². The highest BCUT2D eigenvalue weighted by atomic mass is 16.4. The van der Waals surface area contributed by atoms with Crippen molar-refractivity contribution in [1.29, 1.82) is 0 Å². The molecule has 0 saturated carbocycles. The largest absolute Gasteiger partial charge is 0.508 e. The fourth-order valence-corrected chi connectivity index (χ4v) is 0.428. The van der Waals surface area contributed by atoms with E-state index in [1.165, 1.54) is 0 Å². The molecule has 1 rings (SSSR count). The second kappa shape index (κ2) is 17.6. The van der Waals surface area contributed by atoms with Crippen LogP contribution < -0.4 is 0 Å². The second-order valence-corrected chi connectivity index (χ2v) is 2.96. The lowest BCUT2D eigenvalue weighted by Gasteiger charge is -1.82. The zero-order valence-electron chi connectivity index (χ0n) is 11.8. The quantitative estimate of drug-likeness (QED) is 0.629.